The summed E-state index contributed by atoms with van der Waals surface area (Å²) in [5, 5.41) is 24.5. The summed E-state index contributed by atoms with van der Waals surface area (Å²) in [5.74, 6) is -0.395. The Kier molecular flexibility index (Phi) is 5.62. The van der Waals surface area contributed by atoms with E-state index in [1.807, 2.05) is 4.90 Å². The predicted octanol–water partition coefficient (Wildman–Crippen LogP) is 1.90. The standard InChI is InChI=1S/C18H18N4O5/c23-15-4-2-14(3-5-15)18(24)20-19-12-13-1-6-16(17(11-13)22(25)26)21-7-9-27-10-8-21/h1-6,11-12,23H,7-10H2,(H,20,24)/b19-12-. The van der Waals surface area contributed by atoms with Crippen LogP contribution in [0.25, 0.3) is 0 Å². The number of nitrogens with one attached hydrogen (secondary N) is 1. The fourth-order valence-electron chi connectivity index (χ4n) is 2.68. The molecule has 140 valence electrons. The number of nitro benzene ring substituents is 1. The molecule has 1 fully saturated rings. The minimum Gasteiger partial charge on any atom is -0.508 e. The molecular weight excluding hydrogens is 352 g/mol. The highest BCUT2D eigenvalue weighted by molar-refractivity contribution is 5.95. The molecule has 2 aromatic rings. The van der Waals surface area contributed by atoms with Gasteiger partial charge in [0.2, 0.25) is 0 Å². The number of anilines is 1. The third kappa shape index (κ3) is 4.59. The zero-order valence-corrected chi connectivity index (χ0v) is 14.4. The first-order valence-electron chi connectivity index (χ1n) is 8.28. The van der Waals surface area contributed by atoms with E-state index < -0.39 is 10.8 Å². The van der Waals surface area contributed by atoms with Crippen LogP contribution in [0.1, 0.15) is 15.9 Å². The minimum atomic E-state index is -0.453. The lowest BCUT2D eigenvalue weighted by Crippen LogP contribution is -2.36. The topological polar surface area (TPSA) is 117 Å². The molecule has 2 N–H and O–H groups in total. The van der Waals surface area contributed by atoms with E-state index in [0.717, 1.165) is 0 Å². The molecule has 0 aromatic heterocycles. The molecule has 0 bridgehead atoms. The number of ether oxygens (including phenoxy) is 1. The van der Waals surface area contributed by atoms with E-state index in [-0.39, 0.29) is 11.4 Å². The first kappa shape index (κ1) is 18.3. The van der Waals surface area contributed by atoms with Gasteiger partial charge in [-0.15, -0.1) is 0 Å². The third-order valence-electron chi connectivity index (χ3n) is 4.06. The molecule has 3 rings (SSSR count). The number of carbonyl (C=O) groups excluding carboxylic acids is 1. The zero-order chi connectivity index (χ0) is 19.2. The smallest absolute Gasteiger partial charge is 0.293 e. The number of aromatic hydroxyl groups is 1. The second-order valence-corrected chi connectivity index (χ2v) is 5.85. The molecule has 2 aromatic carbocycles. The monoisotopic (exact) mass is 370 g/mol. The number of nitro groups is 1. The number of phenolic OH excluding ortho intramolecular Hbond substituents is 1. The van der Waals surface area contributed by atoms with Gasteiger partial charge < -0.3 is 14.7 Å². The molecule has 27 heavy (non-hydrogen) atoms. The lowest BCUT2D eigenvalue weighted by Gasteiger charge is -2.28. The quantitative estimate of drug-likeness (QED) is 0.472. The summed E-state index contributed by atoms with van der Waals surface area (Å²) in [6, 6.07) is 10.5. The number of hydrogen-bond acceptors (Lipinski definition) is 7. The van der Waals surface area contributed by atoms with Gasteiger partial charge in [0.25, 0.3) is 11.6 Å². The first-order valence-corrected chi connectivity index (χ1v) is 8.28. The molecule has 0 aliphatic carbocycles. The number of benzene rings is 2. The summed E-state index contributed by atoms with van der Waals surface area (Å²) in [4.78, 5) is 24.9. The van der Waals surface area contributed by atoms with Crippen LogP contribution in [0.15, 0.2) is 47.6 Å². The molecule has 0 radical (unpaired) electrons. The molecule has 1 aliphatic heterocycles. The van der Waals surface area contributed by atoms with Gasteiger partial charge in [-0.25, -0.2) is 5.43 Å². The lowest BCUT2D eigenvalue weighted by molar-refractivity contribution is -0.384. The maximum atomic E-state index is 11.9. The molecule has 9 heteroatoms. The fraction of sp³-hybridized carbons (Fsp3) is 0.222. The number of nitrogens with zero attached hydrogens (tertiary/aromatic N) is 3. The van der Waals surface area contributed by atoms with Gasteiger partial charge in [-0.3, -0.25) is 14.9 Å². The number of carbonyl (C=O) groups is 1. The van der Waals surface area contributed by atoms with Gasteiger partial charge in [-0.2, -0.15) is 5.10 Å². The number of rotatable bonds is 5. The molecule has 9 nitrogen and oxygen atoms in total. The zero-order valence-electron chi connectivity index (χ0n) is 14.4. The fourth-order valence-corrected chi connectivity index (χ4v) is 2.68. The van der Waals surface area contributed by atoms with Crippen molar-refractivity contribution < 1.29 is 19.6 Å². The average Bonchev–Trinajstić information content (AvgIpc) is 2.69. The highest BCUT2D eigenvalue weighted by Gasteiger charge is 2.21. The Bertz CT molecular complexity index is 861. The first-order chi connectivity index (χ1) is 13.0. The van der Waals surface area contributed by atoms with Gasteiger partial charge in [0.05, 0.1) is 24.4 Å². The number of phenols is 1. The molecule has 0 saturated carbocycles. The van der Waals surface area contributed by atoms with Crippen molar-refractivity contribution in [1.29, 1.82) is 0 Å². The second kappa shape index (κ2) is 8.28. The van der Waals surface area contributed by atoms with E-state index in [1.165, 1.54) is 36.5 Å². The Morgan fingerprint density at radius 3 is 2.59 bits per heavy atom. The summed E-state index contributed by atoms with van der Waals surface area (Å²) in [6.45, 7) is 2.25. The average molecular weight is 370 g/mol. The molecular formula is C18H18N4O5. The third-order valence-corrected chi connectivity index (χ3v) is 4.06. The van der Waals surface area contributed by atoms with Crippen LogP contribution in [0.5, 0.6) is 5.75 Å². The minimum absolute atomic E-state index is 0.0225. The van der Waals surface area contributed by atoms with Gasteiger partial charge in [0.1, 0.15) is 11.4 Å². The molecule has 1 heterocycles. The van der Waals surface area contributed by atoms with E-state index in [2.05, 4.69) is 10.5 Å². The van der Waals surface area contributed by atoms with Gasteiger partial charge in [0.15, 0.2) is 0 Å². The van der Waals surface area contributed by atoms with Gasteiger partial charge in [0, 0.05) is 30.3 Å². The molecule has 1 amide bonds. The van der Waals surface area contributed by atoms with Crippen LogP contribution in [0.2, 0.25) is 0 Å². The summed E-state index contributed by atoms with van der Waals surface area (Å²) >= 11 is 0. The van der Waals surface area contributed by atoms with Gasteiger partial charge in [-0.1, -0.05) is 6.07 Å². The largest absolute Gasteiger partial charge is 0.508 e. The Morgan fingerprint density at radius 1 is 1.22 bits per heavy atom. The molecule has 0 atom stereocenters. The van der Waals surface area contributed by atoms with Crippen molar-refractivity contribution in [2.45, 2.75) is 0 Å². The van der Waals surface area contributed by atoms with Crippen LogP contribution in [-0.4, -0.2) is 48.5 Å². The van der Waals surface area contributed by atoms with Crippen LogP contribution in [0, 0.1) is 10.1 Å². The maximum Gasteiger partial charge on any atom is 0.293 e. The van der Waals surface area contributed by atoms with E-state index in [4.69, 9.17) is 4.74 Å². The van der Waals surface area contributed by atoms with E-state index in [1.54, 1.807) is 12.1 Å². The van der Waals surface area contributed by atoms with Crippen molar-refractivity contribution in [3.05, 3.63) is 63.7 Å². The molecule has 0 spiro atoms. The van der Waals surface area contributed by atoms with Crippen LogP contribution >= 0.6 is 0 Å². The Balaban J connectivity index is 1.71. The normalized spacial score (nSPS) is 14.3. The Labute approximate surface area is 155 Å². The van der Waals surface area contributed by atoms with Crippen LogP contribution < -0.4 is 10.3 Å². The highest BCUT2D eigenvalue weighted by Crippen LogP contribution is 2.29. The van der Waals surface area contributed by atoms with Gasteiger partial charge in [-0.05, 0) is 30.3 Å². The van der Waals surface area contributed by atoms with E-state index in [9.17, 15) is 20.0 Å². The SMILES string of the molecule is O=C(N/N=C\c1ccc(N2CCOCC2)c([N+](=O)[O-])c1)c1ccc(O)cc1. The van der Waals surface area contributed by atoms with Crippen LogP contribution in [-0.2, 0) is 4.74 Å². The van der Waals surface area contributed by atoms with Crippen molar-refractivity contribution in [2.24, 2.45) is 5.10 Å². The highest BCUT2D eigenvalue weighted by atomic mass is 16.6. The van der Waals surface area contributed by atoms with Crippen molar-refractivity contribution >= 4 is 23.5 Å². The number of morpholine rings is 1. The van der Waals surface area contributed by atoms with Crippen molar-refractivity contribution in [3.63, 3.8) is 0 Å². The lowest BCUT2D eigenvalue weighted by atomic mass is 10.1. The molecule has 1 aliphatic rings. The van der Waals surface area contributed by atoms with Crippen molar-refractivity contribution in [2.75, 3.05) is 31.2 Å². The van der Waals surface area contributed by atoms with E-state index >= 15 is 0 Å². The van der Waals surface area contributed by atoms with E-state index in [0.29, 0.717) is 43.1 Å². The Hall–Kier alpha value is -3.46. The maximum absolute atomic E-state index is 11.9. The molecule has 1 saturated heterocycles. The summed E-state index contributed by atoms with van der Waals surface area (Å²) in [5.41, 5.74) is 3.68. The summed E-state index contributed by atoms with van der Waals surface area (Å²) in [6.07, 6.45) is 1.34. The second-order valence-electron chi connectivity index (χ2n) is 5.85. The summed E-state index contributed by atoms with van der Waals surface area (Å²) in [7, 11) is 0. The van der Waals surface area contributed by atoms with Crippen LogP contribution in [0.3, 0.4) is 0 Å². The van der Waals surface area contributed by atoms with Crippen molar-refractivity contribution in [3.8, 4) is 5.75 Å². The predicted molar refractivity (Wildman–Crippen MR) is 99.3 cm³/mol. The van der Waals surface area contributed by atoms with Crippen LogP contribution in [0.4, 0.5) is 11.4 Å². The van der Waals surface area contributed by atoms with Gasteiger partial charge >= 0.3 is 0 Å². The number of hydrazone groups is 1. The number of hydrogen-bond donors (Lipinski definition) is 2. The summed E-state index contributed by atoms with van der Waals surface area (Å²) < 4.78 is 5.28. The number of amides is 1. The Morgan fingerprint density at radius 2 is 1.93 bits per heavy atom. The molecule has 0 unspecified atom stereocenters. The van der Waals surface area contributed by atoms with Crippen molar-refractivity contribution in [1.82, 2.24) is 5.43 Å².